The highest BCUT2D eigenvalue weighted by atomic mass is 16.4. The Labute approximate surface area is 71.5 Å². The van der Waals surface area contributed by atoms with Crippen molar-refractivity contribution < 1.29 is 20.4 Å². The van der Waals surface area contributed by atoms with Gasteiger partial charge in [-0.05, 0) is 12.8 Å². The van der Waals surface area contributed by atoms with E-state index in [4.69, 9.17) is 5.11 Å². The minimum Gasteiger partial charge on any atom is -0.396 e. The monoisotopic (exact) mass is 176 g/mol. The smallest absolute Gasteiger partial charge is 0.106 e. The van der Waals surface area contributed by atoms with Crippen LogP contribution in [0.3, 0.4) is 0 Å². The third kappa shape index (κ3) is 1.95. The van der Waals surface area contributed by atoms with Crippen molar-refractivity contribution in [2.45, 2.75) is 37.6 Å². The molecule has 1 rings (SSSR count). The molecule has 0 aliphatic heterocycles. The van der Waals surface area contributed by atoms with Gasteiger partial charge >= 0.3 is 0 Å². The molecule has 4 heteroatoms. The highest BCUT2D eigenvalue weighted by molar-refractivity contribution is 4.84. The average Bonchev–Trinajstić information content (AvgIpc) is 2.19. The largest absolute Gasteiger partial charge is 0.396 e. The Bertz CT molecular complexity index is 137. The van der Waals surface area contributed by atoms with E-state index in [9.17, 15) is 15.3 Å². The van der Waals surface area contributed by atoms with Gasteiger partial charge in [0.05, 0.1) is 12.2 Å². The first-order valence-corrected chi connectivity index (χ1v) is 4.32. The minimum atomic E-state index is -1.11. The fourth-order valence-electron chi connectivity index (χ4n) is 1.64. The van der Waals surface area contributed by atoms with Gasteiger partial charge in [0.15, 0.2) is 0 Å². The summed E-state index contributed by atoms with van der Waals surface area (Å²) in [6.45, 7) is -0.134. The van der Waals surface area contributed by atoms with Crippen LogP contribution in [0.1, 0.15) is 19.3 Å². The Kier molecular flexibility index (Phi) is 3.46. The summed E-state index contributed by atoms with van der Waals surface area (Å²) in [5.41, 5.74) is 0. The summed E-state index contributed by atoms with van der Waals surface area (Å²) in [4.78, 5) is 0. The van der Waals surface area contributed by atoms with Crippen molar-refractivity contribution >= 4 is 0 Å². The molecule has 0 radical (unpaired) electrons. The normalized spacial score (nSPS) is 44.0. The SMILES string of the molecule is OCC1CCCC(O)C(O)C1O. The van der Waals surface area contributed by atoms with Crippen LogP contribution in [-0.4, -0.2) is 45.3 Å². The topological polar surface area (TPSA) is 80.9 Å². The zero-order chi connectivity index (χ0) is 9.14. The molecule has 4 unspecified atom stereocenters. The Balaban J connectivity index is 2.59. The van der Waals surface area contributed by atoms with Crippen LogP contribution in [0.5, 0.6) is 0 Å². The molecule has 0 saturated heterocycles. The van der Waals surface area contributed by atoms with Gasteiger partial charge in [0, 0.05) is 12.5 Å². The van der Waals surface area contributed by atoms with Crippen molar-refractivity contribution in [3.8, 4) is 0 Å². The summed E-state index contributed by atoms with van der Waals surface area (Å²) < 4.78 is 0. The predicted molar refractivity (Wildman–Crippen MR) is 42.4 cm³/mol. The lowest BCUT2D eigenvalue weighted by molar-refractivity contribution is -0.0794. The van der Waals surface area contributed by atoms with Crippen LogP contribution < -0.4 is 0 Å². The van der Waals surface area contributed by atoms with E-state index in [0.717, 1.165) is 6.42 Å². The molecule has 0 heterocycles. The van der Waals surface area contributed by atoms with Crippen molar-refractivity contribution in [1.29, 1.82) is 0 Å². The summed E-state index contributed by atoms with van der Waals surface area (Å²) in [5, 5.41) is 36.8. The van der Waals surface area contributed by atoms with E-state index < -0.39 is 18.3 Å². The third-order valence-corrected chi connectivity index (χ3v) is 2.54. The molecule has 72 valence electrons. The van der Waals surface area contributed by atoms with Gasteiger partial charge in [-0.15, -0.1) is 0 Å². The second-order valence-electron chi connectivity index (χ2n) is 3.42. The van der Waals surface area contributed by atoms with E-state index in [-0.39, 0.29) is 12.5 Å². The fraction of sp³-hybridized carbons (Fsp3) is 1.00. The number of hydrogen-bond acceptors (Lipinski definition) is 4. The van der Waals surface area contributed by atoms with Crippen LogP contribution >= 0.6 is 0 Å². The molecule has 4 N–H and O–H groups in total. The first-order valence-electron chi connectivity index (χ1n) is 4.32. The molecule has 4 atom stereocenters. The van der Waals surface area contributed by atoms with Crippen molar-refractivity contribution in [3.63, 3.8) is 0 Å². The maximum Gasteiger partial charge on any atom is 0.106 e. The molecular weight excluding hydrogens is 160 g/mol. The van der Waals surface area contributed by atoms with Crippen molar-refractivity contribution in [2.24, 2.45) is 5.92 Å². The molecule has 1 saturated carbocycles. The first-order chi connectivity index (χ1) is 5.66. The molecule has 4 nitrogen and oxygen atoms in total. The summed E-state index contributed by atoms with van der Waals surface area (Å²) in [5.74, 6) is -0.294. The van der Waals surface area contributed by atoms with E-state index in [1.807, 2.05) is 0 Å². The standard InChI is InChI=1S/C8H16O4/c9-4-5-2-1-3-6(10)8(12)7(5)11/h5-12H,1-4H2. The van der Waals surface area contributed by atoms with Crippen LogP contribution in [-0.2, 0) is 0 Å². The van der Waals surface area contributed by atoms with Crippen LogP contribution in [0.4, 0.5) is 0 Å². The van der Waals surface area contributed by atoms with E-state index in [1.165, 1.54) is 0 Å². The van der Waals surface area contributed by atoms with Gasteiger partial charge in [-0.1, -0.05) is 6.42 Å². The first kappa shape index (κ1) is 9.92. The van der Waals surface area contributed by atoms with Gasteiger partial charge in [0.25, 0.3) is 0 Å². The number of hydrogen-bond donors (Lipinski definition) is 4. The molecule has 0 aromatic carbocycles. The zero-order valence-electron chi connectivity index (χ0n) is 6.93. The minimum absolute atomic E-state index is 0.134. The molecule has 0 bridgehead atoms. The zero-order valence-corrected chi connectivity index (χ0v) is 6.93. The Morgan fingerprint density at radius 3 is 2.25 bits per heavy atom. The highest BCUT2D eigenvalue weighted by Crippen LogP contribution is 2.23. The van der Waals surface area contributed by atoms with Crippen molar-refractivity contribution in [3.05, 3.63) is 0 Å². The van der Waals surface area contributed by atoms with Crippen LogP contribution in [0.25, 0.3) is 0 Å². The molecule has 0 aromatic heterocycles. The van der Waals surface area contributed by atoms with Crippen molar-refractivity contribution in [1.82, 2.24) is 0 Å². The van der Waals surface area contributed by atoms with Gasteiger partial charge in [0.1, 0.15) is 6.10 Å². The average molecular weight is 176 g/mol. The van der Waals surface area contributed by atoms with Gasteiger partial charge < -0.3 is 20.4 Å². The van der Waals surface area contributed by atoms with E-state index >= 15 is 0 Å². The number of rotatable bonds is 1. The highest BCUT2D eigenvalue weighted by Gasteiger charge is 2.33. The lowest BCUT2D eigenvalue weighted by atomic mass is 9.96. The fourth-order valence-corrected chi connectivity index (χ4v) is 1.64. The summed E-state index contributed by atoms with van der Waals surface area (Å²) in [6, 6.07) is 0. The maximum atomic E-state index is 9.42. The molecular formula is C8H16O4. The lowest BCUT2D eigenvalue weighted by Gasteiger charge is -2.23. The number of aliphatic hydroxyl groups excluding tert-OH is 4. The van der Waals surface area contributed by atoms with Crippen LogP contribution in [0.15, 0.2) is 0 Å². The van der Waals surface area contributed by atoms with Gasteiger partial charge in [-0.2, -0.15) is 0 Å². The van der Waals surface area contributed by atoms with Crippen LogP contribution in [0, 0.1) is 5.92 Å². The predicted octanol–water partition coefficient (Wildman–Crippen LogP) is -1.14. The Morgan fingerprint density at radius 1 is 1.00 bits per heavy atom. The molecule has 1 fully saturated rings. The summed E-state index contributed by atoms with van der Waals surface area (Å²) in [6.07, 6.45) is -1.06. The van der Waals surface area contributed by atoms with E-state index in [2.05, 4.69) is 0 Å². The van der Waals surface area contributed by atoms with Gasteiger partial charge in [0.2, 0.25) is 0 Å². The third-order valence-electron chi connectivity index (χ3n) is 2.54. The Hall–Kier alpha value is -0.160. The molecule has 0 amide bonds. The van der Waals surface area contributed by atoms with E-state index in [0.29, 0.717) is 12.8 Å². The molecule has 12 heavy (non-hydrogen) atoms. The second kappa shape index (κ2) is 4.18. The summed E-state index contributed by atoms with van der Waals surface area (Å²) >= 11 is 0. The molecule has 0 spiro atoms. The summed E-state index contributed by atoms with van der Waals surface area (Å²) in [7, 11) is 0. The van der Waals surface area contributed by atoms with Gasteiger partial charge in [-0.25, -0.2) is 0 Å². The maximum absolute atomic E-state index is 9.42. The van der Waals surface area contributed by atoms with Crippen LogP contribution in [0.2, 0.25) is 0 Å². The Morgan fingerprint density at radius 2 is 1.67 bits per heavy atom. The van der Waals surface area contributed by atoms with E-state index in [1.54, 1.807) is 0 Å². The lowest BCUT2D eigenvalue weighted by Crippen LogP contribution is -2.40. The molecule has 1 aliphatic rings. The number of aliphatic hydroxyl groups is 4. The van der Waals surface area contributed by atoms with Gasteiger partial charge in [-0.3, -0.25) is 0 Å². The second-order valence-corrected chi connectivity index (χ2v) is 3.42. The molecule has 0 aromatic rings. The molecule has 1 aliphatic carbocycles. The van der Waals surface area contributed by atoms with Crippen molar-refractivity contribution in [2.75, 3.05) is 6.61 Å². The quantitative estimate of drug-likeness (QED) is 0.381.